The zero-order valence-electron chi connectivity index (χ0n) is 85.8. The van der Waals surface area contributed by atoms with Gasteiger partial charge in [0.2, 0.25) is 0 Å². The number of hydrogen-bond acceptors (Lipinski definition) is 39. The normalized spacial score (nSPS) is 11.9. The van der Waals surface area contributed by atoms with Crippen LogP contribution in [0.3, 0.4) is 0 Å². The molecule has 137 heavy (non-hydrogen) atoms. The molecule has 0 spiro atoms. The van der Waals surface area contributed by atoms with Crippen LogP contribution in [0.1, 0.15) is 150 Å². The van der Waals surface area contributed by atoms with Gasteiger partial charge in [-0.3, -0.25) is 9.59 Å². The number of carbonyl (C=O) groups excluding carboxylic acids is 2. The van der Waals surface area contributed by atoms with Gasteiger partial charge in [-0.05, 0) is 33.6 Å². The minimum absolute atomic E-state index is 0.221. The molecule has 0 aliphatic carbocycles. The summed E-state index contributed by atoms with van der Waals surface area (Å²) in [4.78, 5) is 23.8. The SMILES string of the molecule is CCCCCCCCCCCCCCCCCC(=O)CCCOCCOCCOCCOCCOCCOCCOCCOCCOCCOCCOCCOCCOCCOCCOCCOCCOCCOCCOCCOCCOCCOCCOCCOCCOCCOCCOCCOCCOCCOCCOCCOCCOCCOCCOCCOCCC(=O)OC(C)(C)C. The van der Waals surface area contributed by atoms with E-state index in [-0.39, 0.29) is 12.4 Å². The number of esters is 1. The van der Waals surface area contributed by atoms with Crippen molar-refractivity contribution >= 4 is 11.8 Å². The highest BCUT2D eigenvalue weighted by Gasteiger charge is 2.16. The lowest BCUT2D eigenvalue weighted by Gasteiger charge is -2.19. The van der Waals surface area contributed by atoms with Gasteiger partial charge in [-0.2, -0.15) is 0 Å². The van der Waals surface area contributed by atoms with Crippen LogP contribution < -0.4 is 0 Å². The van der Waals surface area contributed by atoms with Gasteiger partial charge in [0.25, 0.3) is 0 Å². The highest BCUT2D eigenvalue weighted by Crippen LogP contribution is 2.15. The molecule has 0 bridgehead atoms. The standard InChI is InChI=1S/C98H194O39/c1-5-6-7-8-9-10-11-12-13-14-15-16-17-18-19-21-96(99)22-20-24-101-26-28-103-30-32-105-34-36-107-38-40-109-42-44-111-46-48-113-50-52-115-54-56-117-58-60-119-62-64-121-66-68-123-70-72-125-74-76-127-78-80-129-82-84-131-86-88-133-90-92-135-94-95-136-93-91-134-89-87-132-85-83-130-81-79-128-77-75-126-73-71-124-69-67-122-65-63-120-61-59-118-57-55-116-53-51-114-49-47-112-45-43-110-41-39-108-37-35-106-33-31-104-29-27-102-25-23-97(100)137-98(2,3)4/h5-95H2,1-4H3. The first-order chi connectivity index (χ1) is 67.8. The summed E-state index contributed by atoms with van der Waals surface area (Å²) >= 11 is 0. The minimum Gasteiger partial charge on any atom is -0.460 e. The lowest BCUT2D eigenvalue weighted by molar-refractivity contribution is -0.156. The van der Waals surface area contributed by atoms with Crippen molar-refractivity contribution in [1.29, 1.82) is 0 Å². The van der Waals surface area contributed by atoms with E-state index < -0.39 is 5.60 Å². The largest absolute Gasteiger partial charge is 0.460 e. The van der Waals surface area contributed by atoms with Gasteiger partial charge in [0.1, 0.15) is 11.4 Å². The molecule has 0 saturated carbocycles. The molecule has 0 aromatic carbocycles. The molecule has 0 radical (unpaired) electrons. The van der Waals surface area contributed by atoms with Crippen LogP contribution in [-0.2, 0) is 185 Å². The van der Waals surface area contributed by atoms with E-state index in [1.807, 2.05) is 20.8 Å². The van der Waals surface area contributed by atoms with E-state index >= 15 is 0 Å². The van der Waals surface area contributed by atoms with Crippen LogP contribution >= 0.6 is 0 Å². The van der Waals surface area contributed by atoms with Gasteiger partial charge >= 0.3 is 5.97 Å². The summed E-state index contributed by atoms with van der Waals surface area (Å²) in [5, 5.41) is 0. The van der Waals surface area contributed by atoms with Gasteiger partial charge in [-0.15, -0.1) is 0 Å². The molecule has 0 N–H and O–H groups in total. The third kappa shape index (κ3) is 130. The van der Waals surface area contributed by atoms with Gasteiger partial charge < -0.3 is 175 Å². The summed E-state index contributed by atoms with van der Waals surface area (Å²) < 4.78 is 205. The number of Topliss-reactive ketones (excluding diaryl/α,β-unsaturated/α-hetero) is 1. The highest BCUT2D eigenvalue weighted by atomic mass is 16.6. The number of ether oxygens (including phenoxy) is 37. The van der Waals surface area contributed by atoms with E-state index in [9.17, 15) is 9.59 Å². The summed E-state index contributed by atoms with van der Waals surface area (Å²) in [5.41, 5.74) is -0.488. The van der Waals surface area contributed by atoms with Crippen LogP contribution in [0.5, 0.6) is 0 Å². The van der Waals surface area contributed by atoms with E-state index in [2.05, 4.69) is 6.92 Å². The quantitative estimate of drug-likeness (QED) is 0.0405. The molecule has 0 saturated heterocycles. The Morgan fingerprint density at radius 1 is 0.131 bits per heavy atom. The van der Waals surface area contributed by atoms with E-state index in [0.29, 0.717) is 494 Å². The second kappa shape index (κ2) is 124. The summed E-state index contributed by atoms with van der Waals surface area (Å²) in [6.45, 7) is 42.0. The Morgan fingerprint density at radius 2 is 0.241 bits per heavy atom. The minimum atomic E-state index is -0.488. The van der Waals surface area contributed by atoms with Crippen molar-refractivity contribution in [1.82, 2.24) is 0 Å². The van der Waals surface area contributed by atoms with E-state index in [1.54, 1.807) is 0 Å². The van der Waals surface area contributed by atoms with E-state index in [1.165, 1.54) is 89.9 Å². The van der Waals surface area contributed by atoms with Crippen LogP contribution in [0.25, 0.3) is 0 Å². The van der Waals surface area contributed by atoms with E-state index in [4.69, 9.17) is 175 Å². The van der Waals surface area contributed by atoms with Gasteiger partial charge in [0.15, 0.2) is 0 Å². The summed E-state index contributed by atoms with van der Waals surface area (Å²) in [6.07, 6.45) is 22.4. The molecule has 0 unspecified atom stereocenters. The van der Waals surface area contributed by atoms with Crippen LogP contribution in [0.4, 0.5) is 0 Å². The zero-order chi connectivity index (χ0) is 98.2. The molecule has 0 aromatic heterocycles. The number of hydrogen-bond donors (Lipinski definition) is 0. The Labute approximate surface area is 824 Å². The average Bonchev–Trinajstić information content (AvgIpc) is 0.949. The van der Waals surface area contributed by atoms with Crippen molar-refractivity contribution < 1.29 is 185 Å². The monoisotopic (exact) mass is 2000 g/mol. The molecule has 0 heterocycles. The first kappa shape index (κ1) is 135. The molecule has 39 nitrogen and oxygen atoms in total. The predicted octanol–water partition coefficient (Wildman–Crippen LogP) is 8.93. The molecule has 0 atom stereocenters. The summed E-state index contributed by atoms with van der Waals surface area (Å²) in [5.74, 6) is 0.0879. The number of ketones is 1. The Balaban J connectivity index is 3.12. The molecule has 820 valence electrons. The summed E-state index contributed by atoms with van der Waals surface area (Å²) in [7, 11) is 0. The number of unbranched alkanes of at least 4 members (excludes halogenated alkanes) is 14. The van der Waals surface area contributed by atoms with Crippen molar-refractivity contribution in [2.45, 2.75) is 155 Å². The second-order valence-electron chi connectivity index (χ2n) is 31.7. The maximum Gasteiger partial charge on any atom is 0.308 e. The predicted molar refractivity (Wildman–Crippen MR) is 514 cm³/mol. The van der Waals surface area contributed by atoms with Crippen molar-refractivity contribution in [2.75, 3.05) is 476 Å². The molecule has 0 rings (SSSR count). The maximum absolute atomic E-state index is 12.2. The fourth-order valence-corrected chi connectivity index (χ4v) is 11.5. The summed E-state index contributed by atoms with van der Waals surface area (Å²) in [6, 6.07) is 0. The Morgan fingerprint density at radius 3 is 0.372 bits per heavy atom. The maximum atomic E-state index is 12.2. The smallest absolute Gasteiger partial charge is 0.308 e. The molecular weight excluding hydrogens is 1800 g/mol. The second-order valence-corrected chi connectivity index (χ2v) is 31.7. The van der Waals surface area contributed by atoms with Crippen molar-refractivity contribution in [3.63, 3.8) is 0 Å². The Kier molecular flexibility index (Phi) is 122. The lowest BCUT2D eigenvalue weighted by atomic mass is 10.0. The third-order valence-electron chi connectivity index (χ3n) is 18.7. The van der Waals surface area contributed by atoms with Crippen LogP contribution in [0.15, 0.2) is 0 Å². The topological polar surface area (TPSA) is 376 Å². The van der Waals surface area contributed by atoms with Gasteiger partial charge in [0.05, 0.1) is 476 Å². The van der Waals surface area contributed by atoms with Crippen LogP contribution in [-0.4, -0.2) is 493 Å². The van der Waals surface area contributed by atoms with Crippen molar-refractivity contribution in [3.05, 3.63) is 0 Å². The fraction of sp³-hybridized carbons (Fsp3) is 0.980. The van der Waals surface area contributed by atoms with Gasteiger partial charge in [0, 0.05) is 19.4 Å². The van der Waals surface area contributed by atoms with Crippen LogP contribution in [0.2, 0.25) is 0 Å². The molecule has 0 amide bonds. The molecule has 0 aliphatic heterocycles. The van der Waals surface area contributed by atoms with Gasteiger partial charge in [-0.1, -0.05) is 96.8 Å². The first-order valence-electron chi connectivity index (χ1n) is 51.4. The third-order valence-corrected chi connectivity index (χ3v) is 18.7. The van der Waals surface area contributed by atoms with Crippen molar-refractivity contribution in [3.8, 4) is 0 Å². The van der Waals surface area contributed by atoms with Crippen molar-refractivity contribution in [2.24, 2.45) is 0 Å². The Bertz CT molecular complexity index is 2150. The van der Waals surface area contributed by atoms with E-state index in [0.717, 1.165) is 12.8 Å². The number of carbonyl (C=O) groups is 2. The van der Waals surface area contributed by atoms with Gasteiger partial charge in [-0.25, -0.2) is 0 Å². The molecule has 0 fully saturated rings. The molecular formula is C98H194O39. The Hall–Kier alpha value is -2.30. The lowest BCUT2D eigenvalue weighted by Crippen LogP contribution is -2.24. The fourth-order valence-electron chi connectivity index (χ4n) is 11.5. The average molecular weight is 2000 g/mol. The number of rotatable bonds is 128. The van der Waals surface area contributed by atoms with Crippen LogP contribution in [0, 0.1) is 0 Å². The molecule has 39 heteroatoms. The molecule has 0 aromatic rings. The first-order valence-corrected chi connectivity index (χ1v) is 51.4. The zero-order valence-corrected chi connectivity index (χ0v) is 85.8. The molecule has 0 aliphatic rings. The highest BCUT2D eigenvalue weighted by molar-refractivity contribution is 5.78.